The van der Waals surface area contributed by atoms with Gasteiger partial charge in [0.25, 0.3) is 0 Å². The van der Waals surface area contributed by atoms with E-state index < -0.39 is 12.3 Å². The van der Waals surface area contributed by atoms with Crippen LogP contribution in [0, 0.1) is 0 Å². The van der Waals surface area contributed by atoms with E-state index in [1.807, 2.05) is 42.5 Å². The number of aliphatic hydroxyl groups excluding tert-OH is 1. The minimum absolute atomic E-state index is 0.617. The van der Waals surface area contributed by atoms with Crippen LogP contribution in [0.5, 0.6) is 0 Å². The van der Waals surface area contributed by atoms with Gasteiger partial charge >= 0.3 is 6.18 Å². The standard InChI is InChI=1S/C18H13F3O/c19-18(20,21)17(22)10-6-12-5-9-16-14(11-12)8-7-13-3-1-2-4-15(13)16/h1-11,17,22H/b10-6+. The lowest BCUT2D eigenvalue weighted by Gasteiger charge is -2.09. The minimum Gasteiger partial charge on any atom is -0.380 e. The molecule has 22 heavy (non-hydrogen) atoms. The zero-order valence-electron chi connectivity index (χ0n) is 11.5. The smallest absolute Gasteiger partial charge is 0.380 e. The Bertz CT molecular complexity index is 850. The largest absolute Gasteiger partial charge is 0.417 e. The molecule has 0 heterocycles. The lowest BCUT2D eigenvalue weighted by molar-refractivity contribution is -0.187. The molecule has 1 unspecified atom stereocenters. The molecule has 1 atom stereocenters. The maximum atomic E-state index is 12.3. The van der Waals surface area contributed by atoms with E-state index in [1.54, 1.807) is 12.1 Å². The van der Waals surface area contributed by atoms with Crippen LogP contribution in [0.15, 0.2) is 60.7 Å². The number of benzene rings is 3. The molecule has 0 saturated heterocycles. The topological polar surface area (TPSA) is 20.2 Å². The number of hydrogen-bond donors (Lipinski definition) is 1. The van der Waals surface area contributed by atoms with E-state index in [2.05, 4.69) is 0 Å². The fourth-order valence-corrected chi connectivity index (χ4v) is 2.45. The molecule has 0 aliphatic carbocycles. The number of halogens is 3. The van der Waals surface area contributed by atoms with Gasteiger partial charge in [-0.3, -0.25) is 0 Å². The van der Waals surface area contributed by atoms with Crippen molar-refractivity contribution in [3.05, 3.63) is 66.2 Å². The van der Waals surface area contributed by atoms with Gasteiger partial charge in [-0.25, -0.2) is 0 Å². The van der Waals surface area contributed by atoms with Crippen molar-refractivity contribution in [3.63, 3.8) is 0 Å². The summed E-state index contributed by atoms with van der Waals surface area (Å²) in [6, 6.07) is 17.3. The van der Waals surface area contributed by atoms with Crippen molar-refractivity contribution in [2.24, 2.45) is 0 Å². The molecule has 1 N–H and O–H groups in total. The highest BCUT2D eigenvalue weighted by Crippen LogP contribution is 2.27. The maximum absolute atomic E-state index is 12.3. The highest BCUT2D eigenvalue weighted by Gasteiger charge is 2.36. The van der Waals surface area contributed by atoms with Crippen molar-refractivity contribution < 1.29 is 18.3 Å². The molecule has 0 radical (unpaired) electrons. The zero-order valence-corrected chi connectivity index (χ0v) is 11.5. The predicted octanol–water partition coefficient (Wildman–Crippen LogP) is 4.93. The van der Waals surface area contributed by atoms with Crippen LogP contribution in [-0.2, 0) is 0 Å². The van der Waals surface area contributed by atoms with Gasteiger partial charge in [-0.1, -0.05) is 54.6 Å². The molecule has 3 aromatic rings. The number of alkyl halides is 3. The van der Waals surface area contributed by atoms with Crippen molar-refractivity contribution in [2.75, 3.05) is 0 Å². The van der Waals surface area contributed by atoms with Crippen molar-refractivity contribution in [3.8, 4) is 0 Å². The van der Waals surface area contributed by atoms with Gasteiger partial charge in [0.1, 0.15) is 0 Å². The Hall–Kier alpha value is -2.33. The van der Waals surface area contributed by atoms with Crippen LogP contribution >= 0.6 is 0 Å². The summed E-state index contributed by atoms with van der Waals surface area (Å²) in [5.41, 5.74) is 0.617. The molecule has 0 spiro atoms. The molecule has 0 fully saturated rings. The van der Waals surface area contributed by atoms with Gasteiger partial charge in [-0.15, -0.1) is 0 Å². The maximum Gasteiger partial charge on any atom is 0.417 e. The second-order valence-corrected chi connectivity index (χ2v) is 5.11. The highest BCUT2D eigenvalue weighted by molar-refractivity contribution is 6.07. The van der Waals surface area contributed by atoms with E-state index in [9.17, 15) is 13.2 Å². The molecule has 3 aromatic carbocycles. The normalized spacial score (nSPS) is 14.0. The number of aliphatic hydroxyl groups is 1. The Kier molecular flexibility index (Phi) is 3.62. The summed E-state index contributed by atoms with van der Waals surface area (Å²) >= 11 is 0. The fraction of sp³-hybridized carbons (Fsp3) is 0.111. The average molecular weight is 302 g/mol. The predicted molar refractivity (Wildman–Crippen MR) is 82.5 cm³/mol. The van der Waals surface area contributed by atoms with Crippen LogP contribution in [0.25, 0.3) is 27.6 Å². The first-order valence-corrected chi connectivity index (χ1v) is 6.80. The molecule has 0 aliphatic heterocycles. The van der Waals surface area contributed by atoms with Crippen LogP contribution in [0.4, 0.5) is 13.2 Å². The molecule has 3 rings (SSSR count). The second kappa shape index (κ2) is 5.46. The van der Waals surface area contributed by atoms with E-state index in [-0.39, 0.29) is 0 Å². The van der Waals surface area contributed by atoms with Gasteiger partial charge in [-0.05, 0) is 39.3 Å². The van der Waals surface area contributed by atoms with Gasteiger partial charge in [0.15, 0.2) is 6.10 Å². The minimum atomic E-state index is -4.64. The van der Waals surface area contributed by atoms with Crippen LogP contribution in [0.2, 0.25) is 0 Å². The molecule has 0 amide bonds. The molecular formula is C18H13F3O. The molecule has 4 heteroatoms. The van der Waals surface area contributed by atoms with Crippen molar-refractivity contribution >= 4 is 27.6 Å². The van der Waals surface area contributed by atoms with Gasteiger partial charge in [0, 0.05) is 0 Å². The van der Waals surface area contributed by atoms with E-state index in [0.29, 0.717) is 5.56 Å². The van der Waals surface area contributed by atoms with E-state index in [4.69, 9.17) is 5.11 Å². The first kappa shape index (κ1) is 14.6. The van der Waals surface area contributed by atoms with E-state index in [1.165, 1.54) is 6.08 Å². The van der Waals surface area contributed by atoms with Crippen molar-refractivity contribution in [2.45, 2.75) is 12.3 Å². The summed E-state index contributed by atoms with van der Waals surface area (Å²) in [6.07, 6.45) is -5.04. The summed E-state index contributed by atoms with van der Waals surface area (Å²) in [5, 5.41) is 13.2. The van der Waals surface area contributed by atoms with E-state index in [0.717, 1.165) is 27.6 Å². The molecule has 0 aromatic heterocycles. The third-order valence-electron chi connectivity index (χ3n) is 3.58. The lowest BCUT2D eigenvalue weighted by atomic mass is 10.00. The van der Waals surface area contributed by atoms with Gasteiger partial charge in [0.2, 0.25) is 0 Å². The Morgan fingerprint density at radius 2 is 1.55 bits per heavy atom. The third-order valence-corrected chi connectivity index (χ3v) is 3.58. The van der Waals surface area contributed by atoms with Crippen molar-refractivity contribution in [1.29, 1.82) is 0 Å². The van der Waals surface area contributed by atoms with Crippen LogP contribution in [-0.4, -0.2) is 17.4 Å². The first-order valence-electron chi connectivity index (χ1n) is 6.80. The zero-order chi connectivity index (χ0) is 15.7. The van der Waals surface area contributed by atoms with Gasteiger partial charge in [-0.2, -0.15) is 13.2 Å². The highest BCUT2D eigenvalue weighted by atomic mass is 19.4. The Balaban J connectivity index is 2.00. The summed E-state index contributed by atoms with van der Waals surface area (Å²) in [6.45, 7) is 0. The van der Waals surface area contributed by atoms with Gasteiger partial charge in [0.05, 0.1) is 0 Å². The van der Waals surface area contributed by atoms with E-state index >= 15 is 0 Å². The number of fused-ring (bicyclic) bond motifs is 3. The monoisotopic (exact) mass is 302 g/mol. The Labute approximate surface area is 125 Å². The Morgan fingerprint density at radius 3 is 2.32 bits per heavy atom. The molecular weight excluding hydrogens is 289 g/mol. The van der Waals surface area contributed by atoms with Crippen molar-refractivity contribution in [1.82, 2.24) is 0 Å². The first-order chi connectivity index (χ1) is 10.4. The third kappa shape index (κ3) is 2.83. The van der Waals surface area contributed by atoms with Crippen LogP contribution in [0.3, 0.4) is 0 Å². The Morgan fingerprint density at radius 1 is 0.864 bits per heavy atom. The second-order valence-electron chi connectivity index (χ2n) is 5.11. The number of hydrogen-bond acceptors (Lipinski definition) is 1. The average Bonchev–Trinajstić information content (AvgIpc) is 2.51. The van der Waals surface area contributed by atoms with Crippen LogP contribution < -0.4 is 0 Å². The molecule has 1 nitrogen and oxygen atoms in total. The lowest BCUT2D eigenvalue weighted by Crippen LogP contribution is -2.25. The molecule has 112 valence electrons. The fourth-order valence-electron chi connectivity index (χ4n) is 2.45. The summed E-state index contributed by atoms with van der Waals surface area (Å²) < 4.78 is 36.8. The molecule has 0 aliphatic rings. The van der Waals surface area contributed by atoms with Crippen LogP contribution in [0.1, 0.15) is 5.56 Å². The summed E-state index contributed by atoms with van der Waals surface area (Å²) in [4.78, 5) is 0. The quantitative estimate of drug-likeness (QED) is 0.665. The summed E-state index contributed by atoms with van der Waals surface area (Å²) in [7, 11) is 0. The SMILES string of the molecule is OC(/C=C/c1ccc2c(ccc3ccccc32)c1)C(F)(F)F. The number of rotatable bonds is 2. The summed E-state index contributed by atoms with van der Waals surface area (Å²) in [5.74, 6) is 0. The van der Waals surface area contributed by atoms with Gasteiger partial charge < -0.3 is 5.11 Å². The molecule has 0 bridgehead atoms. The molecule has 0 saturated carbocycles.